The Hall–Kier alpha value is -2.18. The number of rotatable bonds is 5. The number of fused-ring (bicyclic) bond motifs is 1. The Morgan fingerprint density at radius 1 is 1.36 bits per heavy atom. The predicted octanol–water partition coefficient (Wildman–Crippen LogP) is 3.80. The lowest BCUT2D eigenvalue weighted by Crippen LogP contribution is -2.34. The third-order valence-electron chi connectivity index (χ3n) is 4.49. The van der Waals surface area contributed by atoms with E-state index >= 15 is 0 Å². The quantitative estimate of drug-likeness (QED) is 0.754. The predicted molar refractivity (Wildman–Crippen MR) is 97.2 cm³/mol. The molecule has 4 rings (SSSR count). The highest BCUT2D eigenvalue weighted by molar-refractivity contribution is 7.13. The fourth-order valence-corrected chi connectivity index (χ4v) is 4.02. The zero-order valence-corrected chi connectivity index (χ0v) is 14.5. The molecule has 1 aliphatic heterocycles. The molecule has 0 spiro atoms. The van der Waals surface area contributed by atoms with E-state index in [0.717, 1.165) is 40.9 Å². The molecule has 0 bridgehead atoms. The van der Waals surface area contributed by atoms with Crippen molar-refractivity contribution in [3.63, 3.8) is 0 Å². The summed E-state index contributed by atoms with van der Waals surface area (Å²) < 4.78 is 21.1. The van der Waals surface area contributed by atoms with E-state index in [-0.39, 0.29) is 24.4 Å². The number of hydrogen-bond acceptors (Lipinski definition) is 3. The molecule has 1 amide bonds. The molecule has 2 aromatic heterocycles. The van der Waals surface area contributed by atoms with E-state index in [0.29, 0.717) is 6.54 Å². The summed E-state index contributed by atoms with van der Waals surface area (Å²) in [7, 11) is 0. The minimum Gasteiger partial charge on any atom is -0.376 e. The van der Waals surface area contributed by atoms with Crippen molar-refractivity contribution in [2.24, 2.45) is 0 Å². The Bertz CT molecular complexity index is 882. The zero-order valence-electron chi connectivity index (χ0n) is 13.7. The maximum Gasteiger partial charge on any atom is 0.240 e. The third-order valence-corrected chi connectivity index (χ3v) is 5.38. The van der Waals surface area contributed by atoms with Gasteiger partial charge in [0.15, 0.2) is 0 Å². The number of nitrogens with zero attached hydrogens (tertiary/aromatic N) is 1. The first kappa shape index (κ1) is 16.3. The second kappa shape index (κ2) is 6.98. The van der Waals surface area contributed by atoms with Crippen LogP contribution in [0.2, 0.25) is 0 Å². The van der Waals surface area contributed by atoms with Crippen LogP contribution in [0.5, 0.6) is 0 Å². The molecule has 6 heteroatoms. The minimum absolute atomic E-state index is 0.0601. The molecule has 1 aromatic carbocycles. The van der Waals surface area contributed by atoms with Crippen LogP contribution in [0.4, 0.5) is 4.39 Å². The first-order valence-electron chi connectivity index (χ1n) is 8.42. The molecule has 1 aliphatic rings. The van der Waals surface area contributed by atoms with E-state index in [4.69, 9.17) is 4.74 Å². The van der Waals surface area contributed by atoms with Crippen molar-refractivity contribution in [2.45, 2.75) is 25.5 Å². The Morgan fingerprint density at radius 3 is 3.04 bits per heavy atom. The number of amides is 1. The summed E-state index contributed by atoms with van der Waals surface area (Å²) in [6, 6.07) is 10.6. The largest absolute Gasteiger partial charge is 0.376 e. The highest BCUT2D eigenvalue weighted by atomic mass is 32.1. The van der Waals surface area contributed by atoms with Gasteiger partial charge in [0.05, 0.1) is 16.7 Å². The van der Waals surface area contributed by atoms with Crippen LogP contribution in [-0.4, -0.2) is 29.7 Å². The summed E-state index contributed by atoms with van der Waals surface area (Å²) in [5.41, 5.74) is 1.79. The molecule has 0 radical (unpaired) electrons. The number of ether oxygens (including phenoxy) is 1. The van der Waals surface area contributed by atoms with E-state index < -0.39 is 0 Å². The van der Waals surface area contributed by atoms with Crippen LogP contribution in [0.25, 0.3) is 21.5 Å². The number of carbonyl (C=O) groups excluding carboxylic acids is 1. The van der Waals surface area contributed by atoms with Crippen molar-refractivity contribution in [2.75, 3.05) is 13.2 Å². The van der Waals surface area contributed by atoms with Gasteiger partial charge < -0.3 is 14.6 Å². The van der Waals surface area contributed by atoms with Gasteiger partial charge in [0.25, 0.3) is 0 Å². The summed E-state index contributed by atoms with van der Waals surface area (Å²) >= 11 is 1.60. The van der Waals surface area contributed by atoms with Crippen LogP contribution in [-0.2, 0) is 16.1 Å². The lowest BCUT2D eigenvalue weighted by Gasteiger charge is -2.13. The third kappa shape index (κ3) is 3.45. The lowest BCUT2D eigenvalue weighted by molar-refractivity contribution is -0.122. The average molecular weight is 358 g/mol. The van der Waals surface area contributed by atoms with E-state index in [1.165, 1.54) is 12.1 Å². The highest BCUT2D eigenvalue weighted by Crippen LogP contribution is 2.31. The van der Waals surface area contributed by atoms with E-state index in [1.807, 2.05) is 28.1 Å². The smallest absolute Gasteiger partial charge is 0.240 e. The van der Waals surface area contributed by atoms with Crippen LogP contribution >= 0.6 is 11.3 Å². The first-order chi connectivity index (χ1) is 12.2. The first-order valence-corrected chi connectivity index (χ1v) is 9.29. The van der Waals surface area contributed by atoms with E-state index in [9.17, 15) is 9.18 Å². The molecule has 25 heavy (non-hydrogen) atoms. The second-order valence-corrected chi connectivity index (χ2v) is 7.18. The van der Waals surface area contributed by atoms with Crippen LogP contribution < -0.4 is 5.32 Å². The number of nitrogens with one attached hydrogen (secondary N) is 1. The maximum absolute atomic E-state index is 13.6. The lowest BCUT2D eigenvalue weighted by atomic mass is 10.2. The summed E-state index contributed by atoms with van der Waals surface area (Å²) in [6.07, 6.45) is 2.17. The molecule has 130 valence electrons. The Morgan fingerprint density at radius 2 is 2.28 bits per heavy atom. The maximum atomic E-state index is 13.6. The molecule has 1 saturated heterocycles. The normalized spacial score (nSPS) is 17.2. The summed E-state index contributed by atoms with van der Waals surface area (Å²) in [5.74, 6) is -0.333. The molecule has 3 aromatic rings. The van der Waals surface area contributed by atoms with Crippen molar-refractivity contribution < 1.29 is 13.9 Å². The molecule has 3 heterocycles. The van der Waals surface area contributed by atoms with Gasteiger partial charge in [0.2, 0.25) is 5.91 Å². The molecule has 1 atom stereocenters. The number of aromatic nitrogens is 1. The van der Waals surface area contributed by atoms with Crippen molar-refractivity contribution in [1.29, 1.82) is 0 Å². The molecule has 1 unspecified atom stereocenters. The fourth-order valence-electron chi connectivity index (χ4n) is 3.27. The number of hydrogen-bond donors (Lipinski definition) is 1. The Balaban J connectivity index is 1.60. The zero-order chi connectivity index (χ0) is 17.2. The van der Waals surface area contributed by atoms with Crippen molar-refractivity contribution in [1.82, 2.24) is 9.88 Å². The van der Waals surface area contributed by atoms with E-state index in [2.05, 4.69) is 5.32 Å². The van der Waals surface area contributed by atoms with Gasteiger partial charge in [0.1, 0.15) is 12.4 Å². The molecule has 4 nitrogen and oxygen atoms in total. The van der Waals surface area contributed by atoms with Gasteiger partial charge >= 0.3 is 0 Å². The standard InChI is InChI=1S/C19H19FN2O2S/c20-14-5-6-16-13(9-14)10-17(18-4-2-8-25-18)22(16)12-19(23)21-11-15-3-1-7-24-15/h2,4-6,8-10,15H,1,3,7,11-12H2,(H,21,23). The SMILES string of the molecule is O=C(Cn1c(-c2cccs2)cc2cc(F)ccc21)NCC1CCCO1. The summed E-state index contributed by atoms with van der Waals surface area (Å²) in [4.78, 5) is 13.5. The van der Waals surface area contributed by atoms with Gasteiger partial charge in [-0.2, -0.15) is 0 Å². The monoisotopic (exact) mass is 358 g/mol. The van der Waals surface area contributed by atoms with Gasteiger partial charge in [-0.25, -0.2) is 4.39 Å². The van der Waals surface area contributed by atoms with Crippen LogP contribution in [0.1, 0.15) is 12.8 Å². The average Bonchev–Trinajstić information content (AvgIpc) is 3.34. The van der Waals surface area contributed by atoms with Gasteiger partial charge in [0, 0.05) is 24.1 Å². The number of halogens is 1. The van der Waals surface area contributed by atoms with Crippen LogP contribution in [0, 0.1) is 5.82 Å². The molecule has 1 N–H and O–H groups in total. The molecular weight excluding hydrogens is 339 g/mol. The summed E-state index contributed by atoms with van der Waals surface area (Å²) in [5, 5.41) is 5.75. The fraction of sp³-hybridized carbons (Fsp3) is 0.316. The Labute approximate surface area is 149 Å². The van der Waals surface area contributed by atoms with Crippen LogP contribution in [0.15, 0.2) is 41.8 Å². The van der Waals surface area contributed by atoms with Gasteiger partial charge in [-0.15, -0.1) is 11.3 Å². The molecular formula is C19H19FN2O2S. The van der Waals surface area contributed by atoms with Crippen molar-refractivity contribution in [3.8, 4) is 10.6 Å². The van der Waals surface area contributed by atoms with Gasteiger partial charge in [-0.3, -0.25) is 4.79 Å². The molecule has 1 fully saturated rings. The summed E-state index contributed by atoms with van der Waals surface area (Å²) in [6.45, 7) is 1.52. The number of carbonyl (C=O) groups is 1. The number of thiophene rings is 1. The minimum atomic E-state index is -0.273. The van der Waals surface area contributed by atoms with Gasteiger partial charge in [-0.05, 0) is 48.6 Å². The van der Waals surface area contributed by atoms with Crippen molar-refractivity contribution >= 4 is 28.1 Å². The highest BCUT2D eigenvalue weighted by Gasteiger charge is 2.18. The Kier molecular flexibility index (Phi) is 4.55. The van der Waals surface area contributed by atoms with Crippen LogP contribution in [0.3, 0.4) is 0 Å². The van der Waals surface area contributed by atoms with Gasteiger partial charge in [-0.1, -0.05) is 6.07 Å². The number of benzene rings is 1. The van der Waals surface area contributed by atoms with Crippen molar-refractivity contribution in [3.05, 3.63) is 47.6 Å². The molecule has 0 aliphatic carbocycles. The van der Waals surface area contributed by atoms with E-state index in [1.54, 1.807) is 17.4 Å². The second-order valence-electron chi connectivity index (χ2n) is 6.24. The topological polar surface area (TPSA) is 43.3 Å². The molecule has 0 saturated carbocycles.